The van der Waals surface area contributed by atoms with Crippen LogP contribution in [0.2, 0.25) is 15.1 Å². The molecule has 0 aromatic carbocycles. The molecule has 0 spiro atoms. The Bertz CT molecular complexity index is 345. The molecule has 1 rings (SSSR count). The van der Waals surface area contributed by atoms with E-state index in [1.807, 2.05) is 0 Å². The van der Waals surface area contributed by atoms with Crippen LogP contribution >= 0.6 is 34.8 Å². The SMILES string of the molecule is O=C(O)c1ncc(Cl)c(Cl)c1Cl.[NaH]. The molecule has 1 heterocycles. The summed E-state index contributed by atoms with van der Waals surface area (Å²) in [7, 11) is 0. The van der Waals surface area contributed by atoms with Crippen LogP contribution in [0.4, 0.5) is 0 Å². The second-order valence-corrected chi connectivity index (χ2v) is 3.05. The first-order valence-corrected chi connectivity index (χ1v) is 3.90. The van der Waals surface area contributed by atoms with E-state index in [9.17, 15) is 4.79 Å². The van der Waals surface area contributed by atoms with Gasteiger partial charge in [0.15, 0.2) is 5.69 Å². The van der Waals surface area contributed by atoms with E-state index in [-0.39, 0.29) is 50.3 Å². The van der Waals surface area contributed by atoms with Gasteiger partial charge < -0.3 is 5.11 Å². The number of carboxylic acids is 1. The summed E-state index contributed by atoms with van der Waals surface area (Å²) in [4.78, 5) is 13.9. The summed E-state index contributed by atoms with van der Waals surface area (Å²) in [6.07, 6.45) is 1.14. The van der Waals surface area contributed by atoms with Gasteiger partial charge in [-0.1, -0.05) is 34.8 Å². The molecule has 0 saturated carbocycles. The van der Waals surface area contributed by atoms with Crippen molar-refractivity contribution in [1.29, 1.82) is 0 Å². The molecule has 0 unspecified atom stereocenters. The molecular formula is C6H3Cl3NNaO2. The van der Waals surface area contributed by atoms with Crippen molar-refractivity contribution in [3.63, 3.8) is 0 Å². The molecule has 7 heteroatoms. The average molecular weight is 250 g/mol. The first-order chi connectivity index (χ1) is 5.54. The zero-order valence-electron chi connectivity index (χ0n) is 5.51. The molecule has 1 aromatic rings. The Morgan fingerprint density at radius 1 is 1.31 bits per heavy atom. The van der Waals surface area contributed by atoms with Crippen LogP contribution in [0.3, 0.4) is 0 Å². The van der Waals surface area contributed by atoms with Crippen molar-refractivity contribution in [3.8, 4) is 0 Å². The fourth-order valence-corrected chi connectivity index (χ4v) is 1.15. The molecule has 1 aromatic heterocycles. The van der Waals surface area contributed by atoms with Crippen LogP contribution in [-0.4, -0.2) is 45.6 Å². The monoisotopic (exact) mass is 249 g/mol. The van der Waals surface area contributed by atoms with Crippen molar-refractivity contribution in [2.75, 3.05) is 0 Å². The second-order valence-electron chi connectivity index (χ2n) is 1.89. The van der Waals surface area contributed by atoms with Crippen molar-refractivity contribution >= 4 is 70.3 Å². The van der Waals surface area contributed by atoms with Crippen molar-refractivity contribution in [2.45, 2.75) is 0 Å². The maximum atomic E-state index is 10.4. The van der Waals surface area contributed by atoms with E-state index in [4.69, 9.17) is 39.9 Å². The van der Waals surface area contributed by atoms with Crippen LogP contribution in [0.5, 0.6) is 0 Å². The van der Waals surface area contributed by atoms with Gasteiger partial charge in [0.05, 0.1) is 15.1 Å². The molecule has 0 amide bonds. The number of nitrogens with zero attached hydrogens (tertiary/aromatic N) is 1. The Morgan fingerprint density at radius 2 is 1.85 bits per heavy atom. The fraction of sp³-hybridized carbons (Fsp3) is 0. The van der Waals surface area contributed by atoms with Gasteiger partial charge in [-0.3, -0.25) is 0 Å². The summed E-state index contributed by atoms with van der Waals surface area (Å²) in [5.74, 6) is -1.24. The normalized spacial score (nSPS) is 9.15. The summed E-state index contributed by atoms with van der Waals surface area (Å²) in [5, 5.41) is 8.53. The molecule has 1 N–H and O–H groups in total. The number of aromatic nitrogens is 1. The van der Waals surface area contributed by atoms with Crippen molar-refractivity contribution in [1.82, 2.24) is 4.98 Å². The van der Waals surface area contributed by atoms with Gasteiger partial charge in [0, 0.05) is 6.20 Å². The number of aromatic carboxylic acids is 1. The molecule has 0 bridgehead atoms. The average Bonchev–Trinajstić information content (AvgIpc) is 2.00. The van der Waals surface area contributed by atoms with Crippen LogP contribution in [0.25, 0.3) is 0 Å². The number of hydrogen-bond acceptors (Lipinski definition) is 2. The molecule has 66 valence electrons. The summed E-state index contributed by atoms with van der Waals surface area (Å²) in [5.41, 5.74) is -0.300. The van der Waals surface area contributed by atoms with Crippen molar-refractivity contribution in [2.24, 2.45) is 0 Å². The third-order valence-corrected chi connectivity index (χ3v) is 2.36. The molecule has 13 heavy (non-hydrogen) atoms. The molecular weight excluding hydrogens is 247 g/mol. The molecule has 0 fully saturated rings. The van der Waals surface area contributed by atoms with Crippen LogP contribution in [0.15, 0.2) is 6.20 Å². The van der Waals surface area contributed by atoms with Gasteiger partial charge in [-0.05, 0) is 0 Å². The van der Waals surface area contributed by atoms with Gasteiger partial charge in [-0.2, -0.15) is 0 Å². The van der Waals surface area contributed by atoms with Gasteiger partial charge in [0.1, 0.15) is 0 Å². The Morgan fingerprint density at radius 3 is 2.31 bits per heavy atom. The van der Waals surface area contributed by atoms with E-state index in [1.54, 1.807) is 0 Å². The molecule has 0 radical (unpaired) electrons. The topological polar surface area (TPSA) is 50.2 Å². The quantitative estimate of drug-likeness (QED) is 0.777. The molecule has 3 nitrogen and oxygen atoms in total. The number of hydrogen-bond donors (Lipinski definition) is 1. The van der Waals surface area contributed by atoms with Crippen LogP contribution in [0.1, 0.15) is 10.5 Å². The first kappa shape index (κ1) is 13.5. The van der Waals surface area contributed by atoms with Gasteiger partial charge in [-0.25, -0.2) is 9.78 Å². The molecule has 0 aliphatic rings. The number of carboxylic acid groups (broad SMARTS) is 1. The zero-order chi connectivity index (χ0) is 9.30. The molecule has 0 atom stereocenters. The number of carbonyl (C=O) groups is 1. The minimum absolute atomic E-state index is 0. The minimum atomic E-state index is -1.24. The molecule has 0 aliphatic carbocycles. The summed E-state index contributed by atoms with van der Waals surface area (Å²) in [6.45, 7) is 0. The van der Waals surface area contributed by atoms with Crippen LogP contribution in [-0.2, 0) is 0 Å². The molecule has 0 saturated heterocycles. The Hall–Kier alpha value is 0.490. The van der Waals surface area contributed by atoms with Crippen molar-refractivity contribution < 1.29 is 9.90 Å². The Kier molecular flexibility index (Phi) is 5.59. The van der Waals surface area contributed by atoms with E-state index >= 15 is 0 Å². The van der Waals surface area contributed by atoms with E-state index in [2.05, 4.69) is 4.98 Å². The summed E-state index contributed by atoms with van der Waals surface area (Å²) in [6, 6.07) is 0. The van der Waals surface area contributed by atoms with Gasteiger partial charge >= 0.3 is 35.5 Å². The Labute approximate surface area is 111 Å². The number of halogens is 3. The predicted octanol–water partition coefficient (Wildman–Crippen LogP) is 2.09. The number of pyridine rings is 1. The van der Waals surface area contributed by atoms with Gasteiger partial charge in [0.2, 0.25) is 0 Å². The second kappa shape index (κ2) is 5.39. The molecule has 0 aliphatic heterocycles. The predicted molar refractivity (Wildman–Crippen MR) is 53.4 cm³/mol. The summed E-state index contributed by atoms with van der Waals surface area (Å²) >= 11 is 16.6. The first-order valence-electron chi connectivity index (χ1n) is 2.77. The van der Waals surface area contributed by atoms with Crippen molar-refractivity contribution in [3.05, 3.63) is 27.0 Å². The standard InChI is InChI=1S/C6H2Cl3NO2.Na.H/c7-2-1-10-5(6(11)12)4(9)3(2)8;;/h1H,(H,11,12);;. The van der Waals surface area contributed by atoms with Gasteiger partial charge in [0.25, 0.3) is 0 Å². The van der Waals surface area contributed by atoms with E-state index in [0.29, 0.717) is 0 Å². The Balaban J connectivity index is 0.00000144. The maximum absolute atomic E-state index is 10.4. The van der Waals surface area contributed by atoms with E-state index in [0.717, 1.165) is 6.20 Å². The van der Waals surface area contributed by atoms with Crippen LogP contribution in [0, 0.1) is 0 Å². The van der Waals surface area contributed by atoms with Gasteiger partial charge in [-0.15, -0.1) is 0 Å². The van der Waals surface area contributed by atoms with Crippen LogP contribution < -0.4 is 0 Å². The zero-order valence-corrected chi connectivity index (χ0v) is 7.78. The number of rotatable bonds is 1. The fourth-order valence-electron chi connectivity index (χ4n) is 0.592. The summed E-state index contributed by atoms with van der Waals surface area (Å²) < 4.78 is 0. The van der Waals surface area contributed by atoms with E-state index < -0.39 is 5.97 Å². The van der Waals surface area contributed by atoms with E-state index in [1.165, 1.54) is 0 Å². The third-order valence-electron chi connectivity index (χ3n) is 1.12. The third kappa shape index (κ3) is 2.98.